The normalized spacial score (nSPS) is 20.3. The summed E-state index contributed by atoms with van der Waals surface area (Å²) in [5, 5.41) is 3.21. The summed E-state index contributed by atoms with van der Waals surface area (Å²) in [5.74, 6) is -1.17. The van der Waals surface area contributed by atoms with Gasteiger partial charge in [-0.05, 0) is 24.5 Å². The van der Waals surface area contributed by atoms with Crippen LogP contribution in [0.5, 0.6) is 0 Å². The zero-order chi connectivity index (χ0) is 14.0. The van der Waals surface area contributed by atoms with Gasteiger partial charge < -0.3 is 5.32 Å². The van der Waals surface area contributed by atoms with Crippen LogP contribution in [-0.2, 0) is 6.18 Å². The van der Waals surface area contributed by atoms with Crippen LogP contribution in [0.15, 0.2) is 24.3 Å². The second-order valence-electron chi connectivity index (χ2n) is 4.61. The molecule has 0 amide bonds. The number of halogens is 4. The lowest BCUT2D eigenvalue weighted by molar-refractivity contribution is -0.140. The largest absolute Gasteiger partial charge is 0.419 e. The predicted molar refractivity (Wildman–Crippen MR) is 66.1 cm³/mol. The van der Waals surface area contributed by atoms with Gasteiger partial charge in [0.15, 0.2) is 0 Å². The second kappa shape index (κ2) is 5.33. The molecule has 1 aliphatic heterocycles. The minimum Gasteiger partial charge on any atom is -0.310 e. The van der Waals surface area contributed by atoms with E-state index in [1.165, 1.54) is 12.1 Å². The van der Waals surface area contributed by atoms with Crippen LogP contribution in [0.4, 0.5) is 17.6 Å². The topological polar surface area (TPSA) is 12.0 Å². The maximum absolute atomic E-state index is 14.0. The molecule has 1 aliphatic rings. The van der Waals surface area contributed by atoms with E-state index in [1.807, 2.05) is 6.92 Å². The average Bonchev–Trinajstić information content (AvgIpc) is 2.37. The highest BCUT2D eigenvalue weighted by molar-refractivity contribution is 5.68. The molecule has 0 aliphatic carbocycles. The lowest BCUT2D eigenvalue weighted by atomic mass is 9.92. The number of rotatable bonds is 2. The van der Waals surface area contributed by atoms with E-state index in [4.69, 9.17) is 0 Å². The number of alkyl halides is 3. The van der Waals surface area contributed by atoms with Gasteiger partial charge in [-0.25, -0.2) is 4.39 Å². The maximum Gasteiger partial charge on any atom is 0.419 e. The number of hydrogen-bond acceptors (Lipinski definition) is 1. The Labute approximate surface area is 109 Å². The maximum atomic E-state index is 14.0. The van der Waals surface area contributed by atoms with Crippen molar-refractivity contribution in [1.29, 1.82) is 0 Å². The second-order valence-corrected chi connectivity index (χ2v) is 4.61. The van der Waals surface area contributed by atoms with Gasteiger partial charge in [0.2, 0.25) is 0 Å². The third-order valence-electron chi connectivity index (χ3n) is 3.36. The van der Waals surface area contributed by atoms with Gasteiger partial charge in [-0.2, -0.15) is 13.2 Å². The van der Waals surface area contributed by atoms with Crippen molar-refractivity contribution >= 4 is 5.57 Å². The Morgan fingerprint density at radius 3 is 2.68 bits per heavy atom. The Bertz CT molecular complexity index is 491. The van der Waals surface area contributed by atoms with Crippen LogP contribution < -0.4 is 5.32 Å². The summed E-state index contributed by atoms with van der Waals surface area (Å²) in [6, 6.07) is 3.63. The molecule has 0 saturated heterocycles. The summed E-state index contributed by atoms with van der Waals surface area (Å²) < 4.78 is 52.0. The minimum absolute atomic E-state index is 0.0646. The van der Waals surface area contributed by atoms with Crippen molar-refractivity contribution in [3.05, 3.63) is 41.2 Å². The predicted octanol–water partition coefficient (Wildman–Crippen LogP) is 4.00. The van der Waals surface area contributed by atoms with Gasteiger partial charge in [-0.1, -0.05) is 25.1 Å². The molecule has 1 aromatic carbocycles. The standard InChI is InChI=1S/C14H15F4N/c1-2-10-8-9(6-7-19-10)11-4-3-5-12(13(11)15)14(16,17)18/h3-6,10,19H,2,7-8H2,1H3. The van der Waals surface area contributed by atoms with Gasteiger partial charge in [-0.15, -0.1) is 0 Å². The first-order chi connectivity index (χ1) is 8.93. The number of benzene rings is 1. The Morgan fingerprint density at radius 1 is 1.32 bits per heavy atom. The van der Waals surface area contributed by atoms with E-state index in [-0.39, 0.29) is 11.6 Å². The van der Waals surface area contributed by atoms with Crippen molar-refractivity contribution in [1.82, 2.24) is 5.32 Å². The van der Waals surface area contributed by atoms with Gasteiger partial charge >= 0.3 is 6.18 Å². The minimum atomic E-state index is -4.66. The van der Waals surface area contributed by atoms with Gasteiger partial charge in [0.1, 0.15) is 5.82 Å². The number of nitrogens with one attached hydrogen (secondary N) is 1. The first kappa shape index (κ1) is 14.1. The lowest BCUT2D eigenvalue weighted by Gasteiger charge is -2.24. The van der Waals surface area contributed by atoms with Crippen molar-refractivity contribution in [2.75, 3.05) is 6.54 Å². The Morgan fingerprint density at radius 2 is 2.05 bits per heavy atom. The third kappa shape index (κ3) is 2.97. The fraction of sp³-hybridized carbons (Fsp3) is 0.429. The smallest absolute Gasteiger partial charge is 0.310 e. The van der Waals surface area contributed by atoms with Crippen LogP contribution in [-0.4, -0.2) is 12.6 Å². The lowest BCUT2D eigenvalue weighted by Crippen LogP contribution is -2.32. The fourth-order valence-corrected chi connectivity index (χ4v) is 2.28. The first-order valence-corrected chi connectivity index (χ1v) is 6.22. The molecule has 2 rings (SSSR count). The van der Waals surface area contributed by atoms with Crippen molar-refractivity contribution in [3.63, 3.8) is 0 Å². The fourth-order valence-electron chi connectivity index (χ4n) is 2.28. The number of hydrogen-bond donors (Lipinski definition) is 1. The molecule has 0 radical (unpaired) electrons. The molecule has 19 heavy (non-hydrogen) atoms. The molecule has 0 spiro atoms. The molecule has 0 fully saturated rings. The van der Waals surface area contributed by atoms with Crippen molar-refractivity contribution < 1.29 is 17.6 Å². The van der Waals surface area contributed by atoms with Gasteiger partial charge in [-0.3, -0.25) is 0 Å². The zero-order valence-electron chi connectivity index (χ0n) is 10.5. The Kier molecular flexibility index (Phi) is 3.94. The van der Waals surface area contributed by atoms with Crippen LogP contribution >= 0.6 is 0 Å². The van der Waals surface area contributed by atoms with Crippen LogP contribution in [0.1, 0.15) is 30.9 Å². The molecule has 1 atom stereocenters. The van der Waals surface area contributed by atoms with Crippen LogP contribution in [0, 0.1) is 5.82 Å². The van der Waals surface area contributed by atoms with Crippen molar-refractivity contribution in [2.24, 2.45) is 0 Å². The van der Waals surface area contributed by atoms with Gasteiger partial charge in [0.25, 0.3) is 0 Å². The van der Waals surface area contributed by atoms with E-state index < -0.39 is 17.6 Å². The summed E-state index contributed by atoms with van der Waals surface area (Å²) in [5.41, 5.74) is -0.485. The summed E-state index contributed by atoms with van der Waals surface area (Å²) in [4.78, 5) is 0. The molecule has 0 aromatic heterocycles. The molecule has 1 N–H and O–H groups in total. The molecule has 0 bridgehead atoms. The molecule has 1 nitrogen and oxygen atoms in total. The molecule has 5 heteroatoms. The monoisotopic (exact) mass is 273 g/mol. The van der Waals surface area contributed by atoms with E-state index in [9.17, 15) is 17.6 Å². The summed E-state index contributed by atoms with van der Waals surface area (Å²) in [6.07, 6.45) is -1.49. The molecular weight excluding hydrogens is 258 g/mol. The molecule has 1 unspecified atom stereocenters. The van der Waals surface area contributed by atoms with E-state index in [2.05, 4.69) is 5.32 Å². The van der Waals surface area contributed by atoms with E-state index in [1.54, 1.807) is 6.08 Å². The van der Waals surface area contributed by atoms with Crippen LogP contribution in [0.3, 0.4) is 0 Å². The molecule has 1 heterocycles. The summed E-state index contributed by atoms with van der Waals surface area (Å²) >= 11 is 0. The molecule has 0 saturated carbocycles. The van der Waals surface area contributed by atoms with Gasteiger partial charge in [0, 0.05) is 18.2 Å². The Balaban J connectivity index is 2.39. The first-order valence-electron chi connectivity index (χ1n) is 6.22. The molecular formula is C14H15F4N. The van der Waals surface area contributed by atoms with E-state index in [0.717, 1.165) is 12.5 Å². The highest BCUT2D eigenvalue weighted by Crippen LogP contribution is 2.35. The zero-order valence-corrected chi connectivity index (χ0v) is 10.5. The molecule has 1 aromatic rings. The summed E-state index contributed by atoms with van der Waals surface area (Å²) in [6.45, 7) is 2.55. The van der Waals surface area contributed by atoms with Gasteiger partial charge in [0.05, 0.1) is 5.56 Å². The van der Waals surface area contributed by atoms with Crippen LogP contribution in [0.25, 0.3) is 5.57 Å². The summed E-state index contributed by atoms with van der Waals surface area (Å²) in [7, 11) is 0. The van der Waals surface area contributed by atoms with Crippen molar-refractivity contribution in [3.8, 4) is 0 Å². The van der Waals surface area contributed by atoms with E-state index >= 15 is 0 Å². The Hall–Kier alpha value is -1.36. The third-order valence-corrected chi connectivity index (χ3v) is 3.36. The SMILES string of the molecule is CCC1CC(c2cccc(C(F)(F)F)c2F)=CCN1. The molecule has 104 valence electrons. The average molecular weight is 273 g/mol. The quantitative estimate of drug-likeness (QED) is 0.803. The van der Waals surface area contributed by atoms with Crippen molar-refractivity contribution in [2.45, 2.75) is 32.0 Å². The van der Waals surface area contributed by atoms with E-state index in [0.29, 0.717) is 18.5 Å². The van der Waals surface area contributed by atoms with Crippen LogP contribution in [0.2, 0.25) is 0 Å². The highest BCUT2D eigenvalue weighted by Gasteiger charge is 2.35. The highest BCUT2D eigenvalue weighted by atomic mass is 19.4.